The Hall–Kier alpha value is -1.89. The molecule has 1 fully saturated rings. The van der Waals surface area contributed by atoms with Gasteiger partial charge in [0.1, 0.15) is 5.65 Å². The first-order valence-electron chi connectivity index (χ1n) is 5.40. The van der Waals surface area contributed by atoms with Gasteiger partial charge in [-0.15, -0.1) is 0 Å². The van der Waals surface area contributed by atoms with Gasteiger partial charge in [0.15, 0.2) is 5.82 Å². The Labute approximate surface area is 111 Å². The van der Waals surface area contributed by atoms with Gasteiger partial charge in [0.05, 0.1) is 10.8 Å². The van der Waals surface area contributed by atoms with E-state index in [0.29, 0.717) is 18.8 Å². The smallest absolute Gasteiger partial charge is 0.292 e. The van der Waals surface area contributed by atoms with Crippen LogP contribution in [0.25, 0.3) is 5.65 Å². The molecular formula is C11H9BrN4O2. The fourth-order valence-electron chi connectivity index (χ4n) is 1.88. The third-order valence-electron chi connectivity index (χ3n) is 2.76. The Morgan fingerprint density at radius 3 is 2.89 bits per heavy atom. The molecule has 0 atom stereocenters. The van der Waals surface area contributed by atoms with Gasteiger partial charge < -0.3 is 0 Å². The summed E-state index contributed by atoms with van der Waals surface area (Å²) in [6.45, 7) is 0.353. The molecule has 3 heterocycles. The van der Waals surface area contributed by atoms with E-state index in [0.717, 1.165) is 10.3 Å². The molecule has 3 rings (SSSR count). The van der Waals surface area contributed by atoms with Crippen molar-refractivity contribution in [3.8, 4) is 0 Å². The summed E-state index contributed by atoms with van der Waals surface area (Å²) in [4.78, 5) is 28.6. The van der Waals surface area contributed by atoms with Crippen LogP contribution in [-0.2, 0) is 4.79 Å². The summed E-state index contributed by atoms with van der Waals surface area (Å²) >= 11 is 3.41. The number of carbonyl (C=O) groups is 2. The second kappa shape index (κ2) is 4.09. The number of pyridine rings is 1. The van der Waals surface area contributed by atoms with E-state index in [2.05, 4.69) is 26.2 Å². The average Bonchev–Trinajstić information content (AvgIpc) is 2.74. The molecule has 0 unspecified atom stereocenters. The van der Waals surface area contributed by atoms with Crippen molar-refractivity contribution in [1.82, 2.24) is 14.7 Å². The summed E-state index contributed by atoms with van der Waals surface area (Å²) in [5.74, 6) is 0.285. The van der Waals surface area contributed by atoms with Gasteiger partial charge in [0, 0.05) is 13.0 Å². The quantitative estimate of drug-likeness (QED) is 0.813. The van der Waals surface area contributed by atoms with Gasteiger partial charge >= 0.3 is 6.03 Å². The number of fused-ring (bicyclic) bond motifs is 1. The molecule has 18 heavy (non-hydrogen) atoms. The topological polar surface area (TPSA) is 66.7 Å². The van der Waals surface area contributed by atoms with Crippen molar-refractivity contribution >= 4 is 39.3 Å². The number of amides is 3. The van der Waals surface area contributed by atoms with Gasteiger partial charge in [-0.05, 0) is 28.1 Å². The fraction of sp³-hybridized carbons (Fsp3) is 0.182. The lowest BCUT2D eigenvalue weighted by molar-refractivity contribution is -0.120. The number of hydrogen-bond donors (Lipinski definition) is 1. The third-order valence-corrected chi connectivity index (χ3v) is 3.41. The lowest BCUT2D eigenvalue weighted by atomic mass is 10.3. The van der Waals surface area contributed by atoms with Crippen molar-refractivity contribution in [3.05, 3.63) is 29.0 Å². The largest absolute Gasteiger partial charge is 0.329 e. The first-order valence-corrected chi connectivity index (χ1v) is 6.19. The lowest BCUT2D eigenvalue weighted by Crippen LogP contribution is -2.49. The second-order valence-corrected chi connectivity index (χ2v) is 4.74. The van der Waals surface area contributed by atoms with Crippen molar-refractivity contribution in [1.29, 1.82) is 0 Å². The van der Waals surface area contributed by atoms with Gasteiger partial charge in [-0.25, -0.2) is 9.78 Å². The van der Waals surface area contributed by atoms with E-state index in [1.807, 2.05) is 22.6 Å². The minimum atomic E-state index is -0.425. The summed E-state index contributed by atoms with van der Waals surface area (Å²) < 4.78 is 2.69. The summed E-state index contributed by atoms with van der Waals surface area (Å²) in [6.07, 6.45) is 2.05. The Kier molecular flexibility index (Phi) is 2.55. The van der Waals surface area contributed by atoms with Crippen molar-refractivity contribution in [2.24, 2.45) is 0 Å². The number of urea groups is 1. The van der Waals surface area contributed by atoms with Crippen LogP contribution in [0, 0.1) is 0 Å². The van der Waals surface area contributed by atoms with Gasteiger partial charge in [-0.1, -0.05) is 6.07 Å². The maximum Gasteiger partial charge on any atom is 0.329 e. The van der Waals surface area contributed by atoms with Crippen molar-refractivity contribution in [2.75, 3.05) is 11.4 Å². The maximum absolute atomic E-state index is 11.7. The Morgan fingerprint density at radius 2 is 2.17 bits per heavy atom. The van der Waals surface area contributed by atoms with Crippen LogP contribution in [0.3, 0.4) is 0 Å². The molecule has 2 aromatic heterocycles. The molecule has 1 saturated heterocycles. The van der Waals surface area contributed by atoms with E-state index in [1.165, 1.54) is 4.90 Å². The van der Waals surface area contributed by atoms with Crippen molar-refractivity contribution in [2.45, 2.75) is 6.42 Å². The Morgan fingerprint density at radius 1 is 1.33 bits per heavy atom. The van der Waals surface area contributed by atoms with Crippen LogP contribution < -0.4 is 10.2 Å². The molecule has 0 aliphatic carbocycles. The zero-order chi connectivity index (χ0) is 12.7. The molecule has 92 valence electrons. The highest BCUT2D eigenvalue weighted by Gasteiger charge is 2.26. The highest BCUT2D eigenvalue weighted by atomic mass is 79.9. The first kappa shape index (κ1) is 11.2. The summed E-state index contributed by atoms with van der Waals surface area (Å²) in [7, 11) is 0. The van der Waals surface area contributed by atoms with Gasteiger partial charge in [0.25, 0.3) is 0 Å². The third kappa shape index (κ3) is 1.76. The Bertz CT molecular complexity index is 652. The van der Waals surface area contributed by atoms with Crippen LogP contribution >= 0.6 is 15.9 Å². The number of imide groups is 1. The number of carbonyl (C=O) groups excluding carboxylic acids is 2. The van der Waals surface area contributed by atoms with Crippen LogP contribution in [0.1, 0.15) is 6.42 Å². The number of nitrogens with one attached hydrogen (secondary N) is 1. The van der Waals surface area contributed by atoms with E-state index >= 15 is 0 Å². The minimum absolute atomic E-state index is 0.249. The van der Waals surface area contributed by atoms with Gasteiger partial charge in [-0.2, -0.15) is 0 Å². The highest BCUT2D eigenvalue weighted by Crippen LogP contribution is 2.20. The molecule has 7 heteroatoms. The predicted octanol–water partition coefficient (Wildman–Crippen LogP) is 1.54. The molecule has 2 aromatic rings. The van der Waals surface area contributed by atoms with Crippen molar-refractivity contribution < 1.29 is 9.59 Å². The summed E-state index contributed by atoms with van der Waals surface area (Å²) in [5, 5.41) is 2.27. The molecular weight excluding hydrogens is 300 g/mol. The monoisotopic (exact) mass is 308 g/mol. The lowest BCUT2D eigenvalue weighted by Gasteiger charge is -2.24. The maximum atomic E-state index is 11.7. The van der Waals surface area contributed by atoms with Crippen LogP contribution in [-0.4, -0.2) is 27.9 Å². The summed E-state index contributed by atoms with van der Waals surface area (Å²) in [6, 6.07) is 5.18. The molecule has 3 amide bonds. The number of halogens is 1. The summed E-state index contributed by atoms with van der Waals surface area (Å²) in [5.41, 5.74) is 0.740. The average molecular weight is 309 g/mol. The van der Waals surface area contributed by atoms with Crippen molar-refractivity contribution in [3.63, 3.8) is 0 Å². The second-order valence-electron chi connectivity index (χ2n) is 3.93. The van der Waals surface area contributed by atoms with Crippen LogP contribution in [0.2, 0.25) is 0 Å². The molecule has 6 nitrogen and oxygen atoms in total. The van der Waals surface area contributed by atoms with Gasteiger partial charge in [-0.3, -0.25) is 19.4 Å². The molecule has 1 aliphatic rings. The predicted molar refractivity (Wildman–Crippen MR) is 68.4 cm³/mol. The molecule has 0 saturated carbocycles. The number of aromatic nitrogens is 2. The zero-order valence-corrected chi connectivity index (χ0v) is 10.8. The number of imidazole rings is 1. The van der Waals surface area contributed by atoms with E-state index in [1.54, 1.807) is 6.20 Å². The number of hydrogen-bond acceptors (Lipinski definition) is 3. The molecule has 0 bridgehead atoms. The minimum Gasteiger partial charge on any atom is -0.292 e. The van der Waals surface area contributed by atoms with E-state index in [9.17, 15) is 9.59 Å². The van der Waals surface area contributed by atoms with Gasteiger partial charge in [0.2, 0.25) is 5.91 Å². The van der Waals surface area contributed by atoms with E-state index < -0.39 is 6.03 Å². The van der Waals surface area contributed by atoms with Crippen LogP contribution in [0.4, 0.5) is 10.6 Å². The Balaban J connectivity index is 2.02. The van der Waals surface area contributed by atoms with Crippen LogP contribution in [0.15, 0.2) is 29.0 Å². The zero-order valence-electron chi connectivity index (χ0n) is 9.26. The van der Waals surface area contributed by atoms with E-state index in [-0.39, 0.29) is 5.91 Å². The molecule has 1 N–H and O–H groups in total. The fourth-order valence-corrected chi connectivity index (χ4v) is 2.31. The highest BCUT2D eigenvalue weighted by molar-refractivity contribution is 9.10. The van der Waals surface area contributed by atoms with Crippen LogP contribution in [0.5, 0.6) is 0 Å². The molecule has 0 radical (unpaired) electrons. The SMILES string of the molecule is O=C1CCN(c2cn3c(Br)cccc3n2)C(=O)N1. The standard InChI is InChI=1S/C11H9BrN4O2/c12-7-2-1-3-8-13-9(6-16(7)8)15-5-4-10(17)14-11(15)18/h1-3,6H,4-5H2,(H,14,17,18). The van der Waals surface area contributed by atoms with E-state index in [4.69, 9.17) is 0 Å². The number of nitrogens with zero attached hydrogens (tertiary/aromatic N) is 3. The first-order chi connectivity index (χ1) is 8.65. The number of rotatable bonds is 1. The molecule has 1 aliphatic heterocycles. The normalized spacial score (nSPS) is 16.2. The molecule has 0 spiro atoms. The number of anilines is 1. The molecule has 0 aromatic carbocycles.